The predicted molar refractivity (Wildman–Crippen MR) is 80.6 cm³/mol. The minimum atomic E-state index is 0.600. The highest BCUT2D eigenvalue weighted by Crippen LogP contribution is 2.25. The van der Waals surface area contributed by atoms with Gasteiger partial charge in [0.05, 0.1) is 0 Å². The third-order valence-electron chi connectivity index (χ3n) is 3.77. The summed E-state index contributed by atoms with van der Waals surface area (Å²) in [4.78, 5) is 2.54. The van der Waals surface area contributed by atoms with Gasteiger partial charge in [0, 0.05) is 35.6 Å². The van der Waals surface area contributed by atoms with Gasteiger partial charge in [-0.3, -0.25) is 4.90 Å². The average molecular weight is 260 g/mol. The molecule has 18 heavy (non-hydrogen) atoms. The molecule has 1 aromatic carbocycles. The van der Waals surface area contributed by atoms with Crippen LogP contribution >= 0.6 is 11.3 Å². The lowest BCUT2D eigenvalue weighted by atomic mass is 10.2. The molecular formula is C15H20N2S. The summed E-state index contributed by atoms with van der Waals surface area (Å²) in [6, 6.07) is 10.2. The summed E-state index contributed by atoms with van der Waals surface area (Å²) in [5.74, 6) is 0. The first-order valence-electron chi connectivity index (χ1n) is 6.70. The highest BCUT2D eigenvalue weighted by atomic mass is 32.1. The molecule has 1 fully saturated rings. The number of nitrogens with zero attached hydrogens (tertiary/aromatic N) is 1. The van der Waals surface area contributed by atoms with Crippen molar-refractivity contribution in [3.05, 3.63) is 29.6 Å². The van der Waals surface area contributed by atoms with E-state index >= 15 is 0 Å². The van der Waals surface area contributed by atoms with Gasteiger partial charge < -0.3 is 5.32 Å². The zero-order chi connectivity index (χ0) is 12.5. The van der Waals surface area contributed by atoms with Gasteiger partial charge in [0.2, 0.25) is 0 Å². The molecule has 2 nitrogen and oxygen atoms in total. The maximum Gasteiger partial charge on any atom is 0.0400 e. The van der Waals surface area contributed by atoms with Gasteiger partial charge in [-0.1, -0.05) is 0 Å². The summed E-state index contributed by atoms with van der Waals surface area (Å²) in [7, 11) is 0. The van der Waals surface area contributed by atoms with Crippen LogP contribution in [0.3, 0.4) is 0 Å². The van der Waals surface area contributed by atoms with Crippen LogP contribution in [-0.4, -0.2) is 30.1 Å². The lowest BCUT2D eigenvalue weighted by Crippen LogP contribution is -2.31. The molecular weight excluding hydrogens is 240 g/mol. The molecule has 1 saturated heterocycles. The van der Waals surface area contributed by atoms with Crippen molar-refractivity contribution >= 4 is 27.1 Å². The van der Waals surface area contributed by atoms with E-state index in [0.29, 0.717) is 12.1 Å². The summed E-state index contributed by atoms with van der Waals surface area (Å²) < 4.78 is 1.37. The van der Waals surface area contributed by atoms with E-state index in [0.717, 1.165) is 0 Å². The third kappa shape index (κ3) is 2.38. The largest absolute Gasteiger partial charge is 0.381 e. The van der Waals surface area contributed by atoms with Crippen molar-refractivity contribution in [3.8, 4) is 0 Å². The van der Waals surface area contributed by atoms with Gasteiger partial charge in [-0.15, -0.1) is 11.3 Å². The summed E-state index contributed by atoms with van der Waals surface area (Å²) in [6.07, 6.45) is 1.25. The number of thiophene rings is 1. The molecule has 0 amide bonds. The number of benzene rings is 1. The fourth-order valence-electron chi connectivity index (χ4n) is 2.67. The fourth-order valence-corrected chi connectivity index (χ4v) is 3.44. The predicted octanol–water partition coefficient (Wildman–Crippen LogP) is 3.80. The molecule has 1 aliphatic heterocycles. The van der Waals surface area contributed by atoms with Crippen LogP contribution in [0.25, 0.3) is 10.1 Å². The molecule has 3 rings (SSSR count). The average Bonchev–Trinajstić information content (AvgIpc) is 2.96. The second-order valence-electron chi connectivity index (χ2n) is 5.39. The molecule has 96 valence electrons. The highest BCUT2D eigenvalue weighted by molar-refractivity contribution is 7.17. The van der Waals surface area contributed by atoms with Crippen LogP contribution in [0.5, 0.6) is 0 Å². The SMILES string of the molecule is CC(C)N1CCC(Nc2ccc3sccc3c2)C1. The molecule has 1 aliphatic rings. The van der Waals surface area contributed by atoms with Gasteiger partial charge in [-0.25, -0.2) is 0 Å². The molecule has 1 unspecified atom stereocenters. The zero-order valence-corrected chi connectivity index (χ0v) is 11.8. The Bertz CT molecular complexity index is 532. The second-order valence-corrected chi connectivity index (χ2v) is 6.34. The third-order valence-corrected chi connectivity index (χ3v) is 4.67. The number of nitrogens with one attached hydrogen (secondary N) is 1. The van der Waals surface area contributed by atoms with Crippen molar-refractivity contribution in [2.75, 3.05) is 18.4 Å². The smallest absolute Gasteiger partial charge is 0.0400 e. The number of rotatable bonds is 3. The van der Waals surface area contributed by atoms with E-state index in [2.05, 4.69) is 53.7 Å². The first-order chi connectivity index (χ1) is 8.72. The van der Waals surface area contributed by atoms with E-state index in [-0.39, 0.29) is 0 Å². The Hall–Kier alpha value is -1.06. The lowest BCUT2D eigenvalue weighted by molar-refractivity contribution is 0.274. The van der Waals surface area contributed by atoms with Gasteiger partial charge in [-0.05, 0) is 55.3 Å². The van der Waals surface area contributed by atoms with E-state index in [1.165, 1.54) is 35.3 Å². The van der Waals surface area contributed by atoms with Gasteiger partial charge in [0.25, 0.3) is 0 Å². The van der Waals surface area contributed by atoms with Gasteiger partial charge in [0.1, 0.15) is 0 Å². The Morgan fingerprint density at radius 2 is 2.22 bits per heavy atom. The molecule has 1 aromatic heterocycles. The van der Waals surface area contributed by atoms with Crippen molar-refractivity contribution in [2.45, 2.75) is 32.4 Å². The van der Waals surface area contributed by atoms with Crippen LogP contribution in [-0.2, 0) is 0 Å². The van der Waals surface area contributed by atoms with Gasteiger partial charge in [-0.2, -0.15) is 0 Å². The molecule has 2 heterocycles. The Morgan fingerprint density at radius 3 is 3.00 bits per heavy atom. The number of hydrogen-bond donors (Lipinski definition) is 1. The van der Waals surface area contributed by atoms with Crippen LogP contribution in [0.15, 0.2) is 29.6 Å². The maximum atomic E-state index is 3.67. The van der Waals surface area contributed by atoms with Crippen molar-refractivity contribution in [3.63, 3.8) is 0 Å². The van der Waals surface area contributed by atoms with E-state index in [9.17, 15) is 0 Å². The second kappa shape index (κ2) is 4.90. The first-order valence-corrected chi connectivity index (χ1v) is 7.58. The van der Waals surface area contributed by atoms with E-state index in [4.69, 9.17) is 0 Å². The number of hydrogen-bond acceptors (Lipinski definition) is 3. The molecule has 0 spiro atoms. The van der Waals surface area contributed by atoms with Gasteiger partial charge in [0.15, 0.2) is 0 Å². The summed E-state index contributed by atoms with van der Waals surface area (Å²) in [5, 5.41) is 7.18. The zero-order valence-electron chi connectivity index (χ0n) is 11.0. The van der Waals surface area contributed by atoms with E-state index in [1.807, 2.05) is 11.3 Å². The summed E-state index contributed by atoms with van der Waals surface area (Å²) in [5.41, 5.74) is 1.26. The Kier molecular flexibility index (Phi) is 3.27. The standard InChI is InChI=1S/C15H20N2S/c1-11(2)17-7-5-14(10-17)16-13-3-4-15-12(9-13)6-8-18-15/h3-4,6,8-9,11,14,16H,5,7,10H2,1-2H3. The van der Waals surface area contributed by atoms with Gasteiger partial charge >= 0.3 is 0 Å². The molecule has 3 heteroatoms. The molecule has 0 aliphatic carbocycles. The van der Waals surface area contributed by atoms with Crippen LogP contribution in [0.2, 0.25) is 0 Å². The van der Waals surface area contributed by atoms with Crippen molar-refractivity contribution in [2.24, 2.45) is 0 Å². The van der Waals surface area contributed by atoms with Crippen LogP contribution in [0.4, 0.5) is 5.69 Å². The van der Waals surface area contributed by atoms with E-state index < -0.39 is 0 Å². The summed E-state index contributed by atoms with van der Waals surface area (Å²) in [6.45, 7) is 6.94. The van der Waals surface area contributed by atoms with Crippen molar-refractivity contribution in [1.82, 2.24) is 4.90 Å². The Morgan fingerprint density at radius 1 is 1.33 bits per heavy atom. The molecule has 1 atom stereocenters. The molecule has 1 N–H and O–H groups in total. The molecule has 0 radical (unpaired) electrons. The normalized spacial score (nSPS) is 20.9. The van der Waals surface area contributed by atoms with Crippen molar-refractivity contribution < 1.29 is 0 Å². The Balaban J connectivity index is 1.69. The number of likely N-dealkylation sites (tertiary alicyclic amines) is 1. The number of anilines is 1. The molecule has 0 saturated carbocycles. The van der Waals surface area contributed by atoms with E-state index in [1.54, 1.807) is 0 Å². The van der Waals surface area contributed by atoms with Crippen molar-refractivity contribution in [1.29, 1.82) is 0 Å². The minimum Gasteiger partial charge on any atom is -0.381 e. The minimum absolute atomic E-state index is 0.600. The number of fused-ring (bicyclic) bond motifs is 1. The monoisotopic (exact) mass is 260 g/mol. The van der Waals surface area contributed by atoms with Crippen LogP contribution in [0.1, 0.15) is 20.3 Å². The van der Waals surface area contributed by atoms with Crippen LogP contribution < -0.4 is 5.32 Å². The quantitative estimate of drug-likeness (QED) is 0.903. The highest BCUT2D eigenvalue weighted by Gasteiger charge is 2.23. The maximum absolute atomic E-state index is 3.67. The Labute approximate surface area is 113 Å². The lowest BCUT2D eigenvalue weighted by Gasteiger charge is -2.20. The molecule has 0 bridgehead atoms. The fraction of sp³-hybridized carbons (Fsp3) is 0.467. The van der Waals surface area contributed by atoms with Crippen LogP contribution in [0, 0.1) is 0 Å². The summed E-state index contributed by atoms with van der Waals surface area (Å²) >= 11 is 1.81. The first kappa shape index (κ1) is 12.0. The molecule has 2 aromatic rings. The topological polar surface area (TPSA) is 15.3 Å².